The number of hydrogen-bond acceptors (Lipinski definition) is 1. The number of rotatable bonds is 2. The van der Waals surface area contributed by atoms with Crippen molar-refractivity contribution < 1.29 is 0 Å². The molecule has 3 aromatic carbocycles. The predicted octanol–water partition coefficient (Wildman–Crippen LogP) is 7.65. The summed E-state index contributed by atoms with van der Waals surface area (Å²) in [7, 11) is 0. The third-order valence-electron chi connectivity index (χ3n) is 5.83. The van der Waals surface area contributed by atoms with Crippen LogP contribution in [0.1, 0.15) is 35.4 Å². The molecular weight excluding hydrogens is 332 g/mol. The molecule has 0 bridgehead atoms. The van der Waals surface area contributed by atoms with Gasteiger partial charge in [0, 0.05) is 25.9 Å². The van der Waals surface area contributed by atoms with Gasteiger partial charge < -0.3 is 0 Å². The Morgan fingerprint density at radius 3 is 2.46 bits per heavy atom. The van der Waals surface area contributed by atoms with Crippen molar-refractivity contribution in [2.45, 2.75) is 19.3 Å². The predicted molar refractivity (Wildman–Crippen MR) is 117 cm³/mol. The van der Waals surface area contributed by atoms with Gasteiger partial charge in [0.2, 0.25) is 0 Å². The molecule has 4 aromatic rings. The van der Waals surface area contributed by atoms with E-state index >= 15 is 0 Å². The third kappa shape index (κ3) is 1.84. The molecular formula is C25H20S. The van der Waals surface area contributed by atoms with E-state index in [-0.39, 0.29) is 5.41 Å². The zero-order valence-electron chi connectivity index (χ0n) is 15.1. The van der Waals surface area contributed by atoms with Crippen LogP contribution in [0.2, 0.25) is 0 Å². The Labute approximate surface area is 158 Å². The second-order valence-electron chi connectivity index (χ2n) is 7.52. The molecule has 0 saturated carbocycles. The zero-order chi connectivity index (χ0) is 18.1. The maximum Gasteiger partial charge on any atom is 0.0361 e. The fourth-order valence-electron chi connectivity index (χ4n) is 4.51. The maximum atomic E-state index is 4.06. The molecule has 1 aliphatic carbocycles. The highest BCUT2D eigenvalue weighted by molar-refractivity contribution is 7.20. The van der Waals surface area contributed by atoms with Crippen LogP contribution in [-0.4, -0.2) is 0 Å². The minimum absolute atomic E-state index is 0.0390. The van der Waals surface area contributed by atoms with Crippen molar-refractivity contribution in [1.29, 1.82) is 0 Å². The molecule has 0 unspecified atom stereocenters. The van der Waals surface area contributed by atoms with Crippen molar-refractivity contribution >= 4 is 44.3 Å². The van der Waals surface area contributed by atoms with Gasteiger partial charge in [-0.2, -0.15) is 0 Å². The molecule has 1 heteroatoms. The lowest BCUT2D eigenvalue weighted by atomic mass is 9.82. The first-order chi connectivity index (χ1) is 12.6. The summed E-state index contributed by atoms with van der Waals surface area (Å²) in [5.41, 5.74) is 6.82. The van der Waals surface area contributed by atoms with Crippen molar-refractivity contribution in [3.05, 3.63) is 83.3 Å². The zero-order valence-corrected chi connectivity index (χ0v) is 15.9. The summed E-state index contributed by atoms with van der Waals surface area (Å²) in [4.78, 5) is 1.20. The second kappa shape index (κ2) is 5.18. The van der Waals surface area contributed by atoms with Crippen LogP contribution in [0.5, 0.6) is 0 Å². The van der Waals surface area contributed by atoms with Crippen molar-refractivity contribution in [2.75, 3.05) is 0 Å². The molecule has 126 valence electrons. The third-order valence-corrected chi connectivity index (χ3v) is 6.99. The van der Waals surface area contributed by atoms with E-state index in [1.165, 1.54) is 53.6 Å². The van der Waals surface area contributed by atoms with E-state index in [0.29, 0.717) is 0 Å². The summed E-state index contributed by atoms with van der Waals surface area (Å²) in [5.74, 6) is 0. The van der Waals surface area contributed by atoms with Crippen molar-refractivity contribution in [2.24, 2.45) is 0 Å². The van der Waals surface area contributed by atoms with Gasteiger partial charge >= 0.3 is 0 Å². The summed E-state index contributed by atoms with van der Waals surface area (Å²) in [6.45, 7) is 12.7. The van der Waals surface area contributed by atoms with Gasteiger partial charge in [0.25, 0.3) is 0 Å². The van der Waals surface area contributed by atoms with Crippen molar-refractivity contribution in [3.8, 4) is 11.1 Å². The van der Waals surface area contributed by atoms with Crippen LogP contribution >= 0.6 is 11.3 Å². The van der Waals surface area contributed by atoms with Crippen molar-refractivity contribution in [1.82, 2.24) is 0 Å². The first kappa shape index (κ1) is 15.6. The van der Waals surface area contributed by atoms with E-state index in [1.807, 2.05) is 12.2 Å². The molecule has 0 atom stereocenters. The summed E-state index contributed by atoms with van der Waals surface area (Å²) >= 11 is 1.79. The minimum atomic E-state index is 0.0390. The van der Waals surface area contributed by atoms with Crippen LogP contribution < -0.4 is 0 Å². The molecule has 1 aliphatic rings. The van der Waals surface area contributed by atoms with E-state index in [0.717, 1.165) is 0 Å². The van der Waals surface area contributed by atoms with E-state index < -0.39 is 0 Å². The quantitative estimate of drug-likeness (QED) is 0.347. The number of fused-ring (bicyclic) bond motifs is 6. The van der Waals surface area contributed by atoms with Crippen molar-refractivity contribution in [3.63, 3.8) is 0 Å². The lowest BCUT2D eigenvalue weighted by molar-refractivity contribution is 0.661. The molecule has 0 N–H and O–H groups in total. The Morgan fingerprint density at radius 2 is 1.69 bits per heavy atom. The molecule has 1 heterocycles. The molecule has 0 aliphatic heterocycles. The summed E-state index contributed by atoms with van der Waals surface area (Å²) < 4.78 is 1.30. The Bertz CT molecular complexity index is 1230. The van der Waals surface area contributed by atoms with Gasteiger partial charge in [0.1, 0.15) is 0 Å². The largest absolute Gasteiger partial charge is 0.135 e. The first-order valence-electron chi connectivity index (χ1n) is 8.94. The first-order valence-corrected chi connectivity index (χ1v) is 9.76. The molecule has 0 amide bonds. The van der Waals surface area contributed by atoms with Gasteiger partial charge in [0.15, 0.2) is 0 Å². The van der Waals surface area contributed by atoms with Gasteiger partial charge in [0.05, 0.1) is 0 Å². The maximum absolute atomic E-state index is 4.06. The monoisotopic (exact) mass is 352 g/mol. The lowest BCUT2D eigenvalue weighted by Gasteiger charge is -2.21. The van der Waals surface area contributed by atoms with Gasteiger partial charge in [-0.05, 0) is 51.2 Å². The number of hydrogen-bond donors (Lipinski definition) is 0. The lowest BCUT2D eigenvalue weighted by Crippen LogP contribution is -2.14. The van der Waals surface area contributed by atoms with E-state index in [2.05, 4.69) is 75.5 Å². The average Bonchev–Trinajstić information content (AvgIpc) is 3.14. The minimum Gasteiger partial charge on any atom is -0.135 e. The fraction of sp³-hybridized carbons (Fsp3) is 0.120. The molecule has 1 aromatic heterocycles. The van der Waals surface area contributed by atoms with Gasteiger partial charge in [-0.25, -0.2) is 0 Å². The van der Waals surface area contributed by atoms with Gasteiger partial charge in [-0.3, -0.25) is 0 Å². The highest BCUT2D eigenvalue weighted by Crippen LogP contribution is 2.50. The summed E-state index contributed by atoms with van der Waals surface area (Å²) in [6, 6.07) is 18.1. The van der Waals surface area contributed by atoms with Crippen LogP contribution in [0.15, 0.2) is 61.7 Å². The van der Waals surface area contributed by atoms with Crippen LogP contribution in [0.4, 0.5) is 0 Å². The van der Waals surface area contributed by atoms with Gasteiger partial charge in [-0.15, -0.1) is 11.3 Å². The average molecular weight is 353 g/mol. The van der Waals surface area contributed by atoms with E-state index in [9.17, 15) is 0 Å². The summed E-state index contributed by atoms with van der Waals surface area (Å²) in [6.07, 6.45) is 3.92. The number of thiophene rings is 1. The van der Waals surface area contributed by atoms with E-state index in [1.54, 1.807) is 11.3 Å². The Kier molecular flexibility index (Phi) is 3.11. The molecule has 26 heavy (non-hydrogen) atoms. The Balaban J connectivity index is 1.96. The van der Waals surface area contributed by atoms with Crippen LogP contribution in [0.25, 0.3) is 44.1 Å². The highest BCUT2D eigenvalue weighted by Gasteiger charge is 2.35. The standard InChI is InChI=1S/C25H20S/c1-5-16-22(6-2)26-23-12-11-15-13-21-19(14-18(15)24(16)23)17-9-7-8-10-20(17)25(21,3)4/h5-14H,1-2H2,3-4H3. The molecule has 0 spiro atoms. The van der Waals surface area contributed by atoms with Crippen LogP contribution in [0.3, 0.4) is 0 Å². The second-order valence-corrected chi connectivity index (χ2v) is 8.60. The van der Waals surface area contributed by atoms with E-state index in [4.69, 9.17) is 0 Å². The molecule has 0 nitrogen and oxygen atoms in total. The topological polar surface area (TPSA) is 0 Å². The summed E-state index contributed by atoms with van der Waals surface area (Å²) in [5, 5.41) is 3.92. The van der Waals surface area contributed by atoms with Gasteiger partial charge in [-0.1, -0.05) is 69.5 Å². The SMILES string of the molecule is C=Cc1sc2ccc3cc4c(cc3c2c1C=C)-c1ccccc1C4(C)C. The van der Waals surface area contributed by atoms with Crippen LogP contribution in [-0.2, 0) is 5.41 Å². The molecule has 0 radical (unpaired) electrons. The smallest absolute Gasteiger partial charge is 0.0361 e. The highest BCUT2D eigenvalue weighted by atomic mass is 32.1. The Morgan fingerprint density at radius 1 is 0.885 bits per heavy atom. The number of benzene rings is 3. The van der Waals surface area contributed by atoms with Crippen LogP contribution in [0, 0.1) is 0 Å². The molecule has 0 fully saturated rings. The Hall–Kier alpha value is -2.64. The molecule has 0 saturated heterocycles. The normalized spacial score (nSPS) is 14.4. The molecule has 5 rings (SSSR count). The fourth-order valence-corrected chi connectivity index (χ4v) is 5.59.